The van der Waals surface area contributed by atoms with E-state index in [1.165, 1.54) is 0 Å². The molecule has 0 saturated heterocycles. The van der Waals surface area contributed by atoms with Gasteiger partial charge in [-0.2, -0.15) is 0 Å². The number of benzene rings is 1. The third-order valence-corrected chi connectivity index (χ3v) is 3.46. The number of alkyl halides is 2. The first-order chi connectivity index (χ1) is 6.61. The van der Waals surface area contributed by atoms with Crippen molar-refractivity contribution in [2.75, 3.05) is 5.73 Å². The molecule has 0 spiro atoms. The standard InChI is InChI=1S/C9H6ClF2NS/c10-5-3-1-2-4-6(8(11)12)9(13)14-7(4)5/h1-3,8H,13H2. The Kier molecular flexibility index (Phi) is 2.33. The van der Waals surface area contributed by atoms with E-state index in [2.05, 4.69) is 0 Å². The molecule has 0 aliphatic rings. The Hall–Kier alpha value is -0.870. The third kappa shape index (κ3) is 1.35. The van der Waals surface area contributed by atoms with Gasteiger partial charge in [0.15, 0.2) is 0 Å². The van der Waals surface area contributed by atoms with Gasteiger partial charge in [-0.1, -0.05) is 23.7 Å². The molecule has 0 bridgehead atoms. The Balaban J connectivity index is 2.83. The molecule has 2 rings (SSSR count). The van der Waals surface area contributed by atoms with Gasteiger partial charge in [-0.05, 0) is 6.07 Å². The molecule has 0 radical (unpaired) electrons. The van der Waals surface area contributed by atoms with Crippen LogP contribution in [0.3, 0.4) is 0 Å². The smallest absolute Gasteiger partial charge is 0.267 e. The van der Waals surface area contributed by atoms with Crippen molar-refractivity contribution in [1.82, 2.24) is 0 Å². The molecule has 2 aromatic rings. The van der Waals surface area contributed by atoms with Crippen LogP contribution in [0.15, 0.2) is 18.2 Å². The Morgan fingerprint density at radius 3 is 2.71 bits per heavy atom. The van der Waals surface area contributed by atoms with Crippen LogP contribution in [0.1, 0.15) is 12.0 Å². The van der Waals surface area contributed by atoms with Crippen LogP contribution in [0.4, 0.5) is 13.8 Å². The maximum Gasteiger partial charge on any atom is 0.267 e. The molecule has 74 valence electrons. The monoisotopic (exact) mass is 233 g/mol. The van der Waals surface area contributed by atoms with Gasteiger partial charge in [0.1, 0.15) is 0 Å². The molecule has 0 amide bonds. The molecular formula is C9H6ClF2NS. The molecule has 1 aromatic carbocycles. The predicted octanol–water partition coefficient (Wildman–Crippen LogP) is 4.07. The first-order valence-corrected chi connectivity index (χ1v) is 5.05. The maximum atomic E-state index is 12.6. The first-order valence-electron chi connectivity index (χ1n) is 3.86. The zero-order valence-corrected chi connectivity index (χ0v) is 8.50. The van der Waals surface area contributed by atoms with Crippen LogP contribution in [0.2, 0.25) is 5.02 Å². The Bertz CT molecular complexity index is 481. The van der Waals surface area contributed by atoms with Gasteiger partial charge < -0.3 is 5.73 Å². The van der Waals surface area contributed by atoms with Crippen LogP contribution in [-0.2, 0) is 0 Å². The number of rotatable bonds is 1. The minimum Gasteiger partial charge on any atom is -0.390 e. The van der Waals surface area contributed by atoms with Crippen LogP contribution in [0, 0.1) is 0 Å². The lowest BCUT2D eigenvalue weighted by atomic mass is 10.2. The van der Waals surface area contributed by atoms with Crippen molar-refractivity contribution in [2.24, 2.45) is 0 Å². The molecule has 0 fully saturated rings. The Morgan fingerprint density at radius 1 is 1.36 bits per heavy atom. The van der Waals surface area contributed by atoms with E-state index < -0.39 is 6.43 Å². The average molecular weight is 234 g/mol. The minimum atomic E-state index is -2.55. The van der Waals surface area contributed by atoms with Crippen LogP contribution >= 0.6 is 22.9 Å². The molecular weight excluding hydrogens is 228 g/mol. The molecule has 0 aliphatic heterocycles. The predicted molar refractivity (Wildman–Crippen MR) is 56.2 cm³/mol. The van der Waals surface area contributed by atoms with Crippen molar-refractivity contribution >= 4 is 38.0 Å². The number of halogens is 3. The van der Waals surface area contributed by atoms with Crippen molar-refractivity contribution < 1.29 is 8.78 Å². The van der Waals surface area contributed by atoms with Gasteiger partial charge in [-0.25, -0.2) is 8.78 Å². The normalized spacial score (nSPS) is 11.4. The molecule has 0 aliphatic carbocycles. The second kappa shape index (κ2) is 3.37. The number of hydrogen-bond donors (Lipinski definition) is 1. The number of nitrogens with two attached hydrogens (primary N) is 1. The zero-order valence-electron chi connectivity index (χ0n) is 6.93. The summed E-state index contributed by atoms with van der Waals surface area (Å²) in [4.78, 5) is 0. The number of thiophene rings is 1. The maximum absolute atomic E-state index is 12.6. The van der Waals surface area contributed by atoms with Crippen molar-refractivity contribution in [2.45, 2.75) is 6.43 Å². The number of hydrogen-bond acceptors (Lipinski definition) is 2. The van der Waals surface area contributed by atoms with Gasteiger partial charge in [0.2, 0.25) is 0 Å². The van der Waals surface area contributed by atoms with E-state index in [1.54, 1.807) is 18.2 Å². The van der Waals surface area contributed by atoms with Crippen molar-refractivity contribution in [3.05, 3.63) is 28.8 Å². The highest BCUT2D eigenvalue weighted by molar-refractivity contribution is 7.23. The molecule has 1 nitrogen and oxygen atoms in total. The summed E-state index contributed by atoms with van der Waals surface area (Å²) in [7, 11) is 0. The molecule has 2 N–H and O–H groups in total. The topological polar surface area (TPSA) is 26.0 Å². The molecule has 1 aromatic heterocycles. The van der Waals surface area contributed by atoms with E-state index in [4.69, 9.17) is 17.3 Å². The van der Waals surface area contributed by atoms with E-state index in [1.807, 2.05) is 0 Å². The first kappa shape index (κ1) is 9.68. The van der Waals surface area contributed by atoms with E-state index in [0.29, 0.717) is 15.1 Å². The molecule has 14 heavy (non-hydrogen) atoms. The van der Waals surface area contributed by atoms with Crippen molar-refractivity contribution in [3.63, 3.8) is 0 Å². The second-order valence-corrected chi connectivity index (χ2v) is 4.26. The van der Waals surface area contributed by atoms with Gasteiger partial charge in [0.25, 0.3) is 6.43 Å². The Morgan fingerprint density at radius 2 is 2.07 bits per heavy atom. The number of nitrogen functional groups attached to an aromatic ring is 1. The summed E-state index contributed by atoms with van der Waals surface area (Å²) >= 11 is 6.96. The van der Waals surface area contributed by atoms with Gasteiger partial charge in [-0.15, -0.1) is 11.3 Å². The second-order valence-electron chi connectivity index (χ2n) is 2.80. The lowest BCUT2D eigenvalue weighted by Gasteiger charge is -1.98. The van der Waals surface area contributed by atoms with Crippen LogP contribution < -0.4 is 5.73 Å². The quantitative estimate of drug-likeness (QED) is 0.789. The van der Waals surface area contributed by atoms with Crippen LogP contribution in [0.25, 0.3) is 10.1 Å². The van der Waals surface area contributed by atoms with Crippen LogP contribution in [0.5, 0.6) is 0 Å². The summed E-state index contributed by atoms with van der Waals surface area (Å²) in [5.74, 6) is 0. The molecule has 0 saturated carbocycles. The lowest BCUT2D eigenvalue weighted by Crippen LogP contribution is -1.88. The van der Waals surface area contributed by atoms with Crippen LogP contribution in [-0.4, -0.2) is 0 Å². The fourth-order valence-electron chi connectivity index (χ4n) is 1.35. The summed E-state index contributed by atoms with van der Waals surface area (Å²) in [6.45, 7) is 0. The third-order valence-electron chi connectivity index (χ3n) is 1.95. The summed E-state index contributed by atoms with van der Waals surface area (Å²) < 4.78 is 25.8. The lowest BCUT2D eigenvalue weighted by molar-refractivity contribution is 0.154. The summed E-state index contributed by atoms with van der Waals surface area (Å²) in [5, 5.41) is 1.06. The van der Waals surface area contributed by atoms with E-state index in [-0.39, 0.29) is 10.6 Å². The highest BCUT2D eigenvalue weighted by Crippen LogP contribution is 2.42. The average Bonchev–Trinajstić information content (AvgIpc) is 2.42. The van der Waals surface area contributed by atoms with E-state index in [0.717, 1.165) is 11.3 Å². The van der Waals surface area contributed by atoms with E-state index >= 15 is 0 Å². The van der Waals surface area contributed by atoms with Gasteiger partial charge in [0.05, 0.1) is 20.3 Å². The fraction of sp³-hybridized carbons (Fsp3) is 0.111. The molecule has 0 unspecified atom stereocenters. The van der Waals surface area contributed by atoms with E-state index in [9.17, 15) is 8.78 Å². The Labute approximate surface area is 88.1 Å². The summed E-state index contributed by atoms with van der Waals surface area (Å²) in [6.07, 6.45) is -2.55. The van der Waals surface area contributed by atoms with Gasteiger partial charge >= 0.3 is 0 Å². The van der Waals surface area contributed by atoms with Crippen molar-refractivity contribution in [3.8, 4) is 0 Å². The molecule has 5 heteroatoms. The zero-order chi connectivity index (χ0) is 10.3. The van der Waals surface area contributed by atoms with Gasteiger partial charge in [0, 0.05) is 5.39 Å². The molecule has 0 atom stereocenters. The summed E-state index contributed by atoms with van der Waals surface area (Å²) in [6, 6.07) is 4.91. The highest BCUT2D eigenvalue weighted by Gasteiger charge is 2.19. The fourth-order valence-corrected chi connectivity index (χ4v) is 2.62. The summed E-state index contributed by atoms with van der Waals surface area (Å²) in [5.41, 5.74) is 5.40. The number of anilines is 1. The van der Waals surface area contributed by atoms with Gasteiger partial charge in [-0.3, -0.25) is 0 Å². The minimum absolute atomic E-state index is 0.104. The molecule has 1 heterocycles. The SMILES string of the molecule is Nc1sc2c(Cl)cccc2c1C(F)F. The largest absolute Gasteiger partial charge is 0.390 e. The van der Waals surface area contributed by atoms with Crippen molar-refractivity contribution in [1.29, 1.82) is 0 Å². The highest BCUT2D eigenvalue weighted by atomic mass is 35.5. The number of fused-ring (bicyclic) bond motifs is 1.